The highest BCUT2D eigenvalue weighted by Crippen LogP contribution is 2.11. The minimum Gasteiger partial charge on any atom is -0.464 e. The molecule has 3 N–H and O–H groups in total. The molecule has 1 aromatic rings. The van der Waals surface area contributed by atoms with Crippen LogP contribution in [0.25, 0.3) is 0 Å². The summed E-state index contributed by atoms with van der Waals surface area (Å²) in [7, 11) is 3.30. The average Bonchev–Trinajstić information content (AvgIpc) is 2.46. The van der Waals surface area contributed by atoms with Crippen LogP contribution in [0.4, 0.5) is 5.69 Å². The molecule has 1 aromatic carbocycles. The van der Waals surface area contributed by atoms with Crippen LogP contribution in [0.15, 0.2) is 24.3 Å². The Hall–Kier alpha value is -2.41. The van der Waals surface area contributed by atoms with Crippen LogP contribution < -0.4 is 11.1 Å². The molecule has 0 saturated heterocycles. The lowest BCUT2D eigenvalue weighted by Gasteiger charge is -2.12. The first-order valence-corrected chi connectivity index (χ1v) is 6.41. The molecule has 0 aliphatic rings. The average molecular weight is 293 g/mol. The summed E-state index contributed by atoms with van der Waals surface area (Å²) in [5.74, 6) is -1.59. The second-order valence-corrected chi connectivity index (χ2v) is 4.50. The number of nitrogens with two attached hydrogens (primary N) is 1. The Morgan fingerprint density at radius 3 is 2.29 bits per heavy atom. The molecule has 0 saturated carbocycles. The van der Waals surface area contributed by atoms with Crippen molar-refractivity contribution in [2.45, 2.75) is 13.0 Å². The molecule has 2 amide bonds. The number of esters is 1. The first kappa shape index (κ1) is 16.6. The van der Waals surface area contributed by atoms with Gasteiger partial charge in [-0.15, -0.1) is 0 Å². The minimum absolute atomic E-state index is 0.142. The van der Waals surface area contributed by atoms with Gasteiger partial charge in [0.25, 0.3) is 11.8 Å². The van der Waals surface area contributed by atoms with Crippen molar-refractivity contribution in [2.75, 3.05) is 26.0 Å². The predicted octanol–water partition coefficient (Wildman–Crippen LogP) is 0.217. The first-order valence-electron chi connectivity index (χ1n) is 6.41. The van der Waals surface area contributed by atoms with Gasteiger partial charge in [0.15, 0.2) is 6.04 Å². The van der Waals surface area contributed by atoms with E-state index in [4.69, 9.17) is 5.73 Å². The van der Waals surface area contributed by atoms with E-state index in [2.05, 4.69) is 10.1 Å². The smallest absolute Gasteiger partial charge is 0.332 e. The van der Waals surface area contributed by atoms with E-state index in [0.717, 1.165) is 0 Å². The van der Waals surface area contributed by atoms with Crippen LogP contribution in [0, 0.1) is 0 Å². The van der Waals surface area contributed by atoms with E-state index >= 15 is 0 Å². The normalized spacial score (nSPS) is 11.4. The maximum atomic E-state index is 11.7. The van der Waals surface area contributed by atoms with Gasteiger partial charge in [0.2, 0.25) is 0 Å². The number of anilines is 1. The zero-order chi connectivity index (χ0) is 16.0. The van der Waals surface area contributed by atoms with Crippen molar-refractivity contribution >= 4 is 23.5 Å². The van der Waals surface area contributed by atoms with E-state index in [-0.39, 0.29) is 12.5 Å². The Bertz CT molecular complexity index is 526. The topological polar surface area (TPSA) is 102 Å². The fourth-order valence-electron chi connectivity index (χ4n) is 1.51. The van der Waals surface area contributed by atoms with Crippen molar-refractivity contribution in [3.63, 3.8) is 0 Å². The molecule has 0 fully saturated rings. The zero-order valence-electron chi connectivity index (χ0n) is 12.3. The largest absolute Gasteiger partial charge is 0.464 e. The van der Waals surface area contributed by atoms with E-state index in [1.54, 1.807) is 45.3 Å². The summed E-state index contributed by atoms with van der Waals surface area (Å²) >= 11 is 0. The number of carbonyl (C=O) groups excluding carboxylic acids is 3. The van der Waals surface area contributed by atoms with Gasteiger partial charge in [0, 0.05) is 25.3 Å². The lowest BCUT2D eigenvalue weighted by Crippen LogP contribution is -2.43. The Balaban J connectivity index is 2.69. The molecule has 0 heterocycles. The number of nitrogens with one attached hydrogen (secondary N) is 1. The maximum absolute atomic E-state index is 11.7. The summed E-state index contributed by atoms with van der Waals surface area (Å²) in [4.78, 5) is 36.2. The van der Waals surface area contributed by atoms with Gasteiger partial charge in [-0.25, -0.2) is 4.79 Å². The van der Waals surface area contributed by atoms with Crippen molar-refractivity contribution in [2.24, 2.45) is 5.73 Å². The maximum Gasteiger partial charge on any atom is 0.332 e. The number of hydrogen-bond donors (Lipinski definition) is 2. The summed E-state index contributed by atoms with van der Waals surface area (Å²) in [6, 6.07) is 4.90. The third-order valence-corrected chi connectivity index (χ3v) is 2.63. The van der Waals surface area contributed by atoms with Gasteiger partial charge in [0.05, 0.1) is 6.61 Å². The van der Waals surface area contributed by atoms with Gasteiger partial charge < -0.3 is 20.7 Å². The van der Waals surface area contributed by atoms with Crippen molar-refractivity contribution in [3.05, 3.63) is 29.8 Å². The molecular formula is C14H19N3O4. The fraction of sp³-hybridized carbons (Fsp3) is 0.357. The molecule has 7 nitrogen and oxygen atoms in total. The number of carbonyl (C=O) groups is 3. The molecule has 0 aliphatic heterocycles. The van der Waals surface area contributed by atoms with Crippen LogP contribution in [0.2, 0.25) is 0 Å². The number of benzene rings is 1. The van der Waals surface area contributed by atoms with E-state index in [9.17, 15) is 14.4 Å². The van der Waals surface area contributed by atoms with Crippen LogP contribution in [0.3, 0.4) is 0 Å². The lowest BCUT2D eigenvalue weighted by molar-refractivity contribution is -0.146. The molecule has 0 bridgehead atoms. The van der Waals surface area contributed by atoms with Crippen molar-refractivity contribution in [3.8, 4) is 0 Å². The Kier molecular flexibility index (Phi) is 5.86. The van der Waals surface area contributed by atoms with Gasteiger partial charge in [-0.2, -0.15) is 0 Å². The number of ether oxygens (including phenoxy) is 1. The lowest BCUT2D eigenvalue weighted by atomic mass is 10.2. The summed E-state index contributed by atoms with van der Waals surface area (Å²) in [5.41, 5.74) is 6.40. The van der Waals surface area contributed by atoms with E-state index in [0.29, 0.717) is 11.3 Å². The molecule has 0 spiro atoms. The van der Waals surface area contributed by atoms with Gasteiger partial charge in [-0.05, 0) is 31.2 Å². The highest BCUT2D eigenvalue weighted by molar-refractivity contribution is 6.08. The second kappa shape index (κ2) is 7.39. The molecule has 7 heteroatoms. The van der Waals surface area contributed by atoms with Crippen molar-refractivity contribution in [1.29, 1.82) is 0 Å². The predicted molar refractivity (Wildman–Crippen MR) is 77.7 cm³/mol. The molecule has 21 heavy (non-hydrogen) atoms. The highest BCUT2D eigenvalue weighted by Gasteiger charge is 2.23. The Labute approximate surface area is 123 Å². The van der Waals surface area contributed by atoms with Crippen LogP contribution in [-0.4, -0.2) is 49.4 Å². The number of amides is 2. The van der Waals surface area contributed by atoms with Gasteiger partial charge in [-0.1, -0.05) is 0 Å². The van der Waals surface area contributed by atoms with E-state index < -0.39 is 17.9 Å². The molecule has 0 radical (unpaired) electrons. The van der Waals surface area contributed by atoms with Crippen LogP contribution in [0.1, 0.15) is 17.3 Å². The molecule has 1 atom stereocenters. The molecule has 1 rings (SSSR count). The standard InChI is InChI=1S/C14H19N3O4/c1-4-21-14(20)11(15)12(18)16-10-7-5-9(6-8-10)13(19)17(2)3/h5-8,11H,4,15H2,1-3H3,(H,16,18). The molecule has 0 aromatic heterocycles. The van der Waals surface area contributed by atoms with Crippen LogP contribution in [-0.2, 0) is 14.3 Å². The van der Waals surface area contributed by atoms with Gasteiger partial charge in [-0.3, -0.25) is 9.59 Å². The molecule has 1 unspecified atom stereocenters. The third-order valence-electron chi connectivity index (χ3n) is 2.63. The van der Waals surface area contributed by atoms with E-state index in [1.165, 1.54) is 4.90 Å². The van der Waals surface area contributed by atoms with Crippen molar-refractivity contribution in [1.82, 2.24) is 4.90 Å². The Morgan fingerprint density at radius 2 is 1.81 bits per heavy atom. The Morgan fingerprint density at radius 1 is 1.24 bits per heavy atom. The molecule has 0 aliphatic carbocycles. The first-order chi connectivity index (χ1) is 9.86. The van der Waals surface area contributed by atoms with E-state index in [1.807, 2.05) is 0 Å². The SMILES string of the molecule is CCOC(=O)C(N)C(=O)Nc1ccc(C(=O)N(C)C)cc1. The summed E-state index contributed by atoms with van der Waals surface area (Å²) in [5, 5.41) is 2.49. The second-order valence-electron chi connectivity index (χ2n) is 4.50. The highest BCUT2D eigenvalue weighted by atomic mass is 16.5. The monoisotopic (exact) mass is 293 g/mol. The number of nitrogens with zero attached hydrogens (tertiary/aromatic N) is 1. The number of hydrogen-bond acceptors (Lipinski definition) is 5. The van der Waals surface area contributed by atoms with Crippen molar-refractivity contribution < 1.29 is 19.1 Å². The third kappa shape index (κ3) is 4.57. The minimum atomic E-state index is -1.38. The number of rotatable bonds is 5. The molecule has 114 valence electrons. The van der Waals surface area contributed by atoms with Gasteiger partial charge in [0.1, 0.15) is 0 Å². The summed E-state index contributed by atoms with van der Waals surface area (Å²) < 4.78 is 4.66. The zero-order valence-corrected chi connectivity index (χ0v) is 12.3. The van der Waals surface area contributed by atoms with Crippen LogP contribution in [0.5, 0.6) is 0 Å². The summed E-state index contributed by atoms with van der Waals surface area (Å²) in [6.07, 6.45) is 0. The summed E-state index contributed by atoms with van der Waals surface area (Å²) in [6.45, 7) is 1.78. The van der Waals surface area contributed by atoms with Gasteiger partial charge >= 0.3 is 5.97 Å². The fourth-order valence-corrected chi connectivity index (χ4v) is 1.51. The quantitative estimate of drug-likeness (QED) is 0.597. The molecular weight excluding hydrogens is 274 g/mol. The van der Waals surface area contributed by atoms with Crippen LogP contribution >= 0.6 is 0 Å².